The number of nitrogens with one attached hydrogen (secondary N) is 1. The van der Waals surface area contributed by atoms with Crippen LogP contribution in [0.25, 0.3) is 0 Å². The van der Waals surface area contributed by atoms with Crippen LogP contribution in [0.3, 0.4) is 0 Å². The summed E-state index contributed by atoms with van der Waals surface area (Å²) in [7, 11) is 0. The highest BCUT2D eigenvalue weighted by Crippen LogP contribution is 2.25. The average Bonchev–Trinajstić information content (AvgIpc) is 2.34. The molecule has 0 bridgehead atoms. The molecule has 0 aliphatic carbocycles. The van der Waals surface area contributed by atoms with E-state index in [4.69, 9.17) is 11.6 Å². The fraction of sp³-hybridized carbons (Fsp3) is 0.143. The predicted octanol–water partition coefficient (Wildman–Crippen LogP) is 4.36. The number of aromatic hydroxyl groups is 1. The van der Waals surface area contributed by atoms with Gasteiger partial charge in [-0.05, 0) is 42.8 Å². The van der Waals surface area contributed by atoms with Gasteiger partial charge >= 0.3 is 0 Å². The summed E-state index contributed by atoms with van der Waals surface area (Å²) in [5.74, 6) is -0.217. The van der Waals surface area contributed by atoms with E-state index in [1.807, 2.05) is 13.0 Å². The van der Waals surface area contributed by atoms with Crippen molar-refractivity contribution < 1.29 is 9.50 Å². The molecule has 2 rings (SSSR count). The van der Waals surface area contributed by atoms with E-state index in [2.05, 4.69) is 5.32 Å². The molecule has 0 aliphatic rings. The molecule has 1 unspecified atom stereocenters. The Labute approximate surface area is 110 Å². The van der Waals surface area contributed by atoms with Crippen LogP contribution in [0.15, 0.2) is 42.5 Å². The first-order valence-electron chi connectivity index (χ1n) is 5.57. The van der Waals surface area contributed by atoms with Gasteiger partial charge in [0, 0.05) is 11.7 Å². The van der Waals surface area contributed by atoms with Gasteiger partial charge in [-0.2, -0.15) is 0 Å². The van der Waals surface area contributed by atoms with Gasteiger partial charge in [-0.3, -0.25) is 0 Å². The Morgan fingerprint density at radius 2 is 2.00 bits per heavy atom. The molecule has 0 amide bonds. The summed E-state index contributed by atoms with van der Waals surface area (Å²) in [5, 5.41) is 12.7. The topological polar surface area (TPSA) is 32.3 Å². The second kappa shape index (κ2) is 5.27. The number of phenols is 1. The lowest BCUT2D eigenvalue weighted by molar-refractivity contribution is 0.474. The van der Waals surface area contributed by atoms with Crippen LogP contribution in [0.5, 0.6) is 5.75 Å². The molecule has 2 aromatic rings. The summed E-state index contributed by atoms with van der Waals surface area (Å²) in [6.45, 7) is 1.95. The first-order valence-corrected chi connectivity index (χ1v) is 5.94. The number of halogens is 2. The zero-order valence-electron chi connectivity index (χ0n) is 9.82. The van der Waals surface area contributed by atoms with Gasteiger partial charge in [-0.25, -0.2) is 4.39 Å². The molecule has 0 saturated carbocycles. The van der Waals surface area contributed by atoms with Crippen LogP contribution < -0.4 is 5.32 Å². The summed E-state index contributed by atoms with van der Waals surface area (Å²) in [5.41, 5.74) is 1.67. The molecule has 0 saturated heterocycles. The van der Waals surface area contributed by atoms with Crippen molar-refractivity contribution in [2.24, 2.45) is 0 Å². The SMILES string of the molecule is CC(Nc1ccc(F)c(Cl)c1)c1cccc(O)c1. The van der Waals surface area contributed by atoms with E-state index in [1.54, 1.807) is 24.3 Å². The third-order valence-corrected chi connectivity index (χ3v) is 2.96. The molecule has 0 fully saturated rings. The maximum absolute atomic E-state index is 13.0. The zero-order valence-corrected chi connectivity index (χ0v) is 10.6. The number of hydrogen-bond donors (Lipinski definition) is 2. The molecule has 2 aromatic carbocycles. The molecular weight excluding hydrogens is 253 g/mol. The molecule has 4 heteroatoms. The molecule has 0 heterocycles. The van der Waals surface area contributed by atoms with Gasteiger partial charge in [-0.15, -0.1) is 0 Å². The second-order valence-electron chi connectivity index (χ2n) is 4.09. The van der Waals surface area contributed by atoms with E-state index in [-0.39, 0.29) is 16.8 Å². The standard InChI is InChI=1S/C14H13ClFNO/c1-9(10-3-2-4-12(18)7-10)17-11-5-6-14(16)13(15)8-11/h2-9,17-18H,1H3. The highest BCUT2D eigenvalue weighted by Gasteiger charge is 2.07. The monoisotopic (exact) mass is 265 g/mol. The molecule has 2 N–H and O–H groups in total. The Hall–Kier alpha value is -1.74. The van der Waals surface area contributed by atoms with Crippen LogP contribution in [-0.2, 0) is 0 Å². The van der Waals surface area contributed by atoms with Gasteiger partial charge < -0.3 is 10.4 Å². The van der Waals surface area contributed by atoms with Crippen molar-refractivity contribution in [1.82, 2.24) is 0 Å². The third-order valence-electron chi connectivity index (χ3n) is 2.67. The minimum Gasteiger partial charge on any atom is -0.508 e. The molecule has 18 heavy (non-hydrogen) atoms. The zero-order chi connectivity index (χ0) is 13.1. The predicted molar refractivity (Wildman–Crippen MR) is 71.6 cm³/mol. The van der Waals surface area contributed by atoms with Gasteiger partial charge in [0.15, 0.2) is 0 Å². The quantitative estimate of drug-likeness (QED) is 0.864. The molecule has 2 nitrogen and oxygen atoms in total. The van der Waals surface area contributed by atoms with Crippen molar-refractivity contribution in [3.8, 4) is 5.75 Å². The minimum atomic E-state index is -0.438. The van der Waals surface area contributed by atoms with Crippen LogP contribution in [0.2, 0.25) is 5.02 Å². The lowest BCUT2D eigenvalue weighted by Gasteiger charge is -2.16. The summed E-state index contributed by atoms with van der Waals surface area (Å²) in [4.78, 5) is 0. The number of rotatable bonds is 3. The fourth-order valence-corrected chi connectivity index (χ4v) is 1.89. The van der Waals surface area contributed by atoms with E-state index in [0.29, 0.717) is 0 Å². The minimum absolute atomic E-state index is 0.0152. The Bertz CT molecular complexity index is 559. The van der Waals surface area contributed by atoms with Crippen LogP contribution in [-0.4, -0.2) is 5.11 Å². The normalized spacial score (nSPS) is 12.2. The largest absolute Gasteiger partial charge is 0.508 e. The number of benzene rings is 2. The molecular formula is C14H13ClFNO. The lowest BCUT2D eigenvalue weighted by Crippen LogP contribution is -2.06. The smallest absolute Gasteiger partial charge is 0.141 e. The molecule has 94 valence electrons. The Morgan fingerprint density at radius 3 is 2.67 bits per heavy atom. The van der Waals surface area contributed by atoms with E-state index in [1.165, 1.54) is 12.1 Å². The summed E-state index contributed by atoms with van der Waals surface area (Å²) >= 11 is 5.71. The first-order chi connectivity index (χ1) is 8.56. The Balaban J connectivity index is 2.16. The molecule has 0 radical (unpaired) electrons. The summed E-state index contributed by atoms with van der Waals surface area (Å²) in [6, 6.07) is 11.5. The van der Waals surface area contributed by atoms with Crippen LogP contribution in [0.4, 0.5) is 10.1 Å². The van der Waals surface area contributed by atoms with Gasteiger partial charge in [0.1, 0.15) is 11.6 Å². The number of phenolic OH excluding ortho intramolecular Hbond substituents is 1. The van der Waals surface area contributed by atoms with Crippen LogP contribution in [0.1, 0.15) is 18.5 Å². The third kappa shape index (κ3) is 2.93. The van der Waals surface area contributed by atoms with E-state index in [0.717, 1.165) is 11.3 Å². The second-order valence-corrected chi connectivity index (χ2v) is 4.50. The average molecular weight is 266 g/mol. The van der Waals surface area contributed by atoms with E-state index < -0.39 is 5.82 Å². The summed E-state index contributed by atoms with van der Waals surface area (Å²) < 4.78 is 13.0. The molecule has 0 aliphatic heterocycles. The maximum Gasteiger partial charge on any atom is 0.141 e. The van der Waals surface area contributed by atoms with Crippen molar-refractivity contribution in [2.75, 3.05) is 5.32 Å². The highest BCUT2D eigenvalue weighted by atomic mass is 35.5. The van der Waals surface area contributed by atoms with Crippen molar-refractivity contribution >= 4 is 17.3 Å². The summed E-state index contributed by atoms with van der Waals surface area (Å²) in [6.07, 6.45) is 0. The van der Waals surface area contributed by atoms with Gasteiger partial charge in [0.05, 0.1) is 5.02 Å². The van der Waals surface area contributed by atoms with Crippen molar-refractivity contribution in [3.05, 3.63) is 58.9 Å². The maximum atomic E-state index is 13.0. The fourth-order valence-electron chi connectivity index (χ4n) is 1.71. The van der Waals surface area contributed by atoms with Crippen molar-refractivity contribution in [1.29, 1.82) is 0 Å². The first kappa shape index (κ1) is 12.7. The van der Waals surface area contributed by atoms with Gasteiger partial charge in [0.25, 0.3) is 0 Å². The Kier molecular flexibility index (Phi) is 3.72. The number of hydrogen-bond acceptors (Lipinski definition) is 2. The van der Waals surface area contributed by atoms with Crippen LogP contribution >= 0.6 is 11.6 Å². The number of anilines is 1. The molecule has 1 atom stereocenters. The molecule has 0 spiro atoms. The van der Waals surface area contributed by atoms with E-state index in [9.17, 15) is 9.50 Å². The van der Waals surface area contributed by atoms with E-state index >= 15 is 0 Å². The van der Waals surface area contributed by atoms with Crippen molar-refractivity contribution in [2.45, 2.75) is 13.0 Å². The lowest BCUT2D eigenvalue weighted by atomic mass is 10.1. The molecule has 0 aromatic heterocycles. The van der Waals surface area contributed by atoms with Gasteiger partial charge in [-0.1, -0.05) is 23.7 Å². The Morgan fingerprint density at radius 1 is 1.22 bits per heavy atom. The van der Waals surface area contributed by atoms with Gasteiger partial charge in [0.2, 0.25) is 0 Å². The van der Waals surface area contributed by atoms with Crippen LogP contribution in [0, 0.1) is 5.82 Å². The highest BCUT2D eigenvalue weighted by molar-refractivity contribution is 6.31. The van der Waals surface area contributed by atoms with Crippen molar-refractivity contribution in [3.63, 3.8) is 0 Å².